The number of benzene rings is 1. The van der Waals surface area contributed by atoms with E-state index in [-0.39, 0.29) is 36.4 Å². The highest BCUT2D eigenvalue weighted by Gasteiger charge is 2.78. The van der Waals surface area contributed by atoms with Crippen LogP contribution < -0.4 is 0 Å². The highest BCUT2D eigenvalue weighted by atomic mass is 16.6. The predicted octanol–water partition coefficient (Wildman–Crippen LogP) is 1.03. The number of ketones is 1. The van der Waals surface area contributed by atoms with Gasteiger partial charge >= 0.3 is 0 Å². The zero-order valence-corrected chi connectivity index (χ0v) is 19.8. The van der Waals surface area contributed by atoms with Gasteiger partial charge in [0.1, 0.15) is 48.9 Å². The molecule has 1 aromatic rings. The summed E-state index contributed by atoms with van der Waals surface area (Å²) in [6, 6.07) is 9.75. The van der Waals surface area contributed by atoms with E-state index in [0.717, 1.165) is 5.56 Å². The average Bonchev–Trinajstić information content (AvgIpc) is 3.79. The molecule has 9 heteroatoms. The first-order chi connectivity index (χ1) is 17.4. The molecule has 3 unspecified atom stereocenters. The Morgan fingerprint density at radius 2 is 1.75 bits per heavy atom. The minimum atomic E-state index is -0.968. The van der Waals surface area contributed by atoms with Gasteiger partial charge in [-0.3, -0.25) is 4.79 Å². The van der Waals surface area contributed by atoms with Crippen LogP contribution in [0.5, 0.6) is 0 Å². The Kier molecular flexibility index (Phi) is 4.21. The van der Waals surface area contributed by atoms with Crippen LogP contribution in [0.1, 0.15) is 19.4 Å². The lowest BCUT2D eigenvalue weighted by molar-refractivity contribution is -0.187. The van der Waals surface area contributed by atoms with Crippen molar-refractivity contribution < 1.29 is 38.8 Å². The maximum absolute atomic E-state index is 13.4. The molecule has 3 aliphatic carbocycles. The zero-order valence-electron chi connectivity index (χ0n) is 19.8. The lowest BCUT2D eigenvalue weighted by Crippen LogP contribution is -2.72. The van der Waals surface area contributed by atoms with Crippen molar-refractivity contribution in [1.29, 1.82) is 0 Å². The molecular formula is C27H27NO8. The summed E-state index contributed by atoms with van der Waals surface area (Å²) in [7, 11) is 0. The summed E-state index contributed by atoms with van der Waals surface area (Å²) in [4.78, 5) is 19.3. The fourth-order valence-electron chi connectivity index (χ4n) is 7.76. The number of ether oxygens (including phenoxy) is 4. The minimum Gasteiger partial charge on any atom is -0.498 e. The van der Waals surface area contributed by atoms with Gasteiger partial charge in [-0.2, -0.15) is 0 Å². The third kappa shape index (κ3) is 2.48. The van der Waals surface area contributed by atoms with Crippen molar-refractivity contribution >= 4 is 11.5 Å². The maximum Gasteiger partial charge on any atom is 0.190 e. The Balaban J connectivity index is 1.31. The molecule has 1 spiro atoms. The molecule has 0 radical (unpaired) electrons. The molecule has 12 atom stereocenters. The van der Waals surface area contributed by atoms with Crippen molar-refractivity contribution in [3.05, 3.63) is 58.9 Å². The lowest BCUT2D eigenvalue weighted by Gasteiger charge is -2.64. The SMILES string of the molecule is CC1O[C@H]2C3=C(C(=O)[C@@H]4O[C@@H]4[C@H]3O)[C@@H]1C1[C@@H](C)OC=C3[C@H](O)C4O[C@@H]4/C(=N\OCc4ccccc4)[C@]312. The second-order valence-electron chi connectivity index (χ2n) is 11.0. The molecule has 9 rings (SSSR count). The largest absolute Gasteiger partial charge is 0.498 e. The van der Waals surface area contributed by atoms with Crippen molar-refractivity contribution in [3.8, 4) is 0 Å². The monoisotopic (exact) mass is 493 g/mol. The summed E-state index contributed by atoms with van der Waals surface area (Å²) in [5.41, 5.74) is 2.41. The van der Waals surface area contributed by atoms with Crippen LogP contribution in [0.2, 0.25) is 0 Å². The van der Waals surface area contributed by atoms with Crippen LogP contribution in [0.4, 0.5) is 0 Å². The van der Waals surface area contributed by atoms with E-state index in [2.05, 4.69) is 5.16 Å². The van der Waals surface area contributed by atoms with Crippen molar-refractivity contribution in [1.82, 2.24) is 0 Å². The van der Waals surface area contributed by atoms with E-state index in [1.807, 2.05) is 44.2 Å². The first-order valence-corrected chi connectivity index (χ1v) is 12.7. The standard InChI is InChI=1S/C27H27NO8/c1-10-14-15-16(20(31)23-22(35-23)19(15)30)26(34-10)27-13(9-32-11(2)17(14)27)18(29)21-24(36-21)25(27)28-33-8-12-6-4-3-5-7-12/h3-7,9-11,14,17-18,20-24,26,29,31H,8H2,1-2H3/b28-25+/t10?,11-,14-,17?,18+,20+,21?,22+,23-,24+,26+,27+/m1/s1. The number of epoxide rings is 2. The van der Waals surface area contributed by atoms with E-state index >= 15 is 0 Å². The quantitative estimate of drug-likeness (QED) is 0.473. The van der Waals surface area contributed by atoms with Crippen LogP contribution in [0.25, 0.3) is 0 Å². The third-order valence-electron chi connectivity index (χ3n) is 9.27. The van der Waals surface area contributed by atoms with Gasteiger partial charge in [-0.1, -0.05) is 35.5 Å². The van der Waals surface area contributed by atoms with Crippen LogP contribution in [-0.4, -0.2) is 76.6 Å². The van der Waals surface area contributed by atoms with Gasteiger partial charge in [-0.25, -0.2) is 0 Å². The summed E-state index contributed by atoms with van der Waals surface area (Å²) in [5.74, 6) is -0.701. The summed E-state index contributed by atoms with van der Waals surface area (Å²) in [5, 5.41) is 27.3. The first-order valence-electron chi connectivity index (χ1n) is 12.7. The van der Waals surface area contributed by atoms with Crippen molar-refractivity contribution in [2.45, 2.75) is 75.4 Å². The molecule has 2 N–H and O–H groups in total. The molecule has 0 aromatic heterocycles. The zero-order chi connectivity index (χ0) is 24.5. The number of fused-ring (bicyclic) bond motifs is 3. The smallest absolute Gasteiger partial charge is 0.190 e. The van der Waals surface area contributed by atoms with Gasteiger partial charge in [0.05, 0.1) is 30.0 Å². The van der Waals surface area contributed by atoms with Gasteiger partial charge in [0.2, 0.25) is 0 Å². The van der Waals surface area contributed by atoms with Gasteiger partial charge in [-0.15, -0.1) is 0 Å². The highest BCUT2D eigenvalue weighted by molar-refractivity contribution is 6.07. The van der Waals surface area contributed by atoms with E-state index in [1.165, 1.54) is 0 Å². The number of aliphatic hydroxyl groups is 2. The number of Topliss-reactive ketones (excluding diaryl/α,β-unsaturated/α-hetero) is 1. The number of rotatable bonds is 3. The number of nitrogens with zero attached hydrogens (tertiary/aromatic N) is 1. The molecule has 2 bridgehead atoms. The number of carbonyl (C=O) groups excluding carboxylic acids is 1. The molecule has 4 fully saturated rings. The second-order valence-corrected chi connectivity index (χ2v) is 11.0. The summed E-state index contributed by atoms with van der Waals surface area (Å²) in [6.45, 7) is 4.20. The fourth-order valence-corrected chi connectivity index (χ4v) is 7.76. The van der Waals surface area contributed by atoms with E-state index in [0.29, 0.717) is 22.4 Å². The van der Waals surface area contributed by atoms with E-state index in [1.54, 1.807) is 6.26 Å². The van der Waals surface area contributed by atoms with Crippen LogP contribution in [0.3, 0.4) is 0 Å². The number of aliphatic hydroxyl groups excluding tert-OH is 2. The van der Waals surface area contributed by atoms with Gasteiger partial charge in [0, 0.05) is 23.0 Å². The van der Waals surface area contributed by atoms with Crippen molar-refractivity contribution in [3.63, 3.8) is 0 Å². The third-order valence-corrected chi connectivity index (χ3v) is 9.27. The molecule has 5 aliphatic heterocycles. The summed E-state index contributed by atoms with van der Waals surface area (Å²) in [6.07, 6.45) is -3.61. The van der Waals surface area contributed by atoms with Gasteiger partial charge in [-0.05, 0) is 25.0 Å². The van der Waals surface area contributed by atoms with Crippen LogP contribution in [0.15, 0.2) is 58.5 Å². The number of oxime groups is 1. The molecule has 36 heavy (non-hydrogen) atoms. The molecule has 3 saturated heterocycles. The Hall–Kier alpha value is -2.56. The van der Waals surface area contributed by atoms with Crippen LogP contribution >= 0.6 is 0 Å². The Morgan fingerprint density at radius 3 is 2.56 bits per heavy atom. The maximum atomic E-state index is 13.4. The number of carbonyl (C=O) groups is 1. The van der Waals surface area contributed by atoms with Gasteiger partial charge in [0.25, 0.3) is 0 Å². The summed E-state index contributed by atoms with van der Waals surface area (Å²) >= 11 is 0. The van der Waals surface area contributed by atoms with Crippen molar-refractivity contribution in [2.75, 3.05) is 0 Å². The fraction of sp³-hybridized carbons (Fsp3) is 0.556. The minimum absolute atomic E-state index is 0.0701. The molecule has 9 nitrogen and oxygen atoms in total. The molecule has 8 aliphatic rings. The normalized spacial score (nSPS) is 50.2. The highest BCUT2D eigenvalue weighted by Crippen LogP contribution is 2.68. The predicted molar refractivity (Wildman–Crippen MR) is 122 cm³/mol. The molecule has 5 heterocycles. The molecular weight excluding hydrogens is 466 g/mol. The van der Waals surface area contributed by atoms with Crippen LogP contribution in [-0.2, 0) is 35.2 Å². The van der Waals surface area contributed by atoms with Gasteiger partial charge in [0.15, 0.2) is 5.78 Å². The van der Waals surface area contributed by atoms with Gasteiger partial charge < -0.3 is 34.0 Å². The van der Waals surface area contributed by atoms with E-state index in [9.17, 15) is 15.0 Å². The van der Waals surface area contributed by atoms with E-state index in [4.69, 9.17) is 23.8 Å². The number of hydrogen-bond donors (Lipinski definition) is 2. The summed E-state index contributed by atoms with van der Waals surface area (Å²) < 4.78 is 24.2. The topological polar surface area (TPSA) is 123 Å². The lowest BCUT2D eigenvalue weighted by atomic mass is 9.45. The molecule has 0 amide bonds. The van der Waals surface area contributed by atoms with E-state index < -0.39 is 48.1 Å². The Morgan fingerprint density at radius 1 is 1.00 bits per heavy atom. The Bertz CT molecular complexity index is 1260. The molecule has 1 aromatic carbocycles. The van der Waals surface area contributed by atoms with Crippen molar-refractivity contribution in [2.24, 2.45) is 22.4 Å². The average molecular weight is 494 g/mol. The van der Waals surface area contributed by atoms with Crippen LogP contribution in [0, 0.1) is 17.3 Å². The molecule has 1 saturated carbocycles. The molecule has 188 valence electrons. The first kappa shape index (κ1) is 21.5. The number of hydrogen-bond acceptors (Lipinski definition) is 9. The second kappa shape index (κ2) is 7.05. The Labute approximate surface area is 207 Å².